The average molecular weight is 635 g/mol. The molecule has 2 aromatic heterocycles. The van der Waals surface area contributed by atoms with E-state index in [9.17, 15) is 0 Å². The zero-order valence-electron chi connectivity index (χ0n) is 27.2. The van der Waals surface area contributed by atoms with Crippen LogP contribution in [0.15, 0.2) is 182 Å². The summed E-state index contributed by atoms with van der Waals surface area (Å²) in [5.41, 5.74) is 9.71. The van der Waals surface area contributed by atoms with Gasteiger partial charge in [0.25, 0.3) is 0 Å². The highest BCUT2D eigenvalue weighted by molar-refractivity contribution is 6.16. The van der Waals surface area contributed by atoms with Crippen molar-refractivity contribution in [2.75, 3.05) is 0 Å². The van der Waals surface area contributed by atoms with Crippen molar-refractivity contribution >= 4 is 75.9 Å². The molecule has 0 aliphatic carbocycles. The van der Waals surface area contributed by atoms with Gasteiger partial charge in [-0.1, -0.05) is 133 Å². The predicted molar refractivity (Wildman–Crippen MR) is 213 cm³/mol. The van der Waals surface area contributed by atoms with E-state index in [-0.39, 0.29) is 0 Å². The van der Waals surface area contributed by atoms with Crippen LogP contribution in [0.4, 0.5) is 0 Å². The molecule has 0 atom stereocenters. The van der Waals surface area contributed by atoms with Crippen LogP contribution in [0.1, 0.15) is 0 Å². The van der Waals surface area contributed by atoms with Crippen molar-refractivity contribution in [3.63, 3.8) is 0 Å². The molecule has 0 N–H and O–H groups in total. The lowest BCUT2D eigenvalue weighted by molar-refractivity contribution is 1.20. The van der Waals surface area contributed by atoms with Crippen LogP contribution in [0.25, 0.3) is 98.4 Å². The molecule has 0 amide bonds. The smallest absolute Gasteiger partial charge is 0.0546 e. The first-order valence-corrected chi connectivity index (χ1v) is 17.3. The summed E-state index contributed by atoms with van der Waals surface area (Å²) in [7, 11) is 0. The maximum absolute atomic E-state index is 2.46. The minimum Gasteiger partial charge on any atom is -0.309 e. The molecule has 2 nitrogen and oxygen atoms in total. The fourth-order valence-corrected chi connectivity index (χ4v) is 8.45. The van der Waals surface area contributed by atoms with Gasteiger partial charge in [-0.15, -0.1) is 0 Å². The van der Waals surface area contributed by atoms with Crippen molar-refractivity contribution in [1.82, 2.24) is 9.13 Å². The number of hydrogen-bond acceptors (Lipinski definition) is 0. The molecule has 9 aromatic carbocycles. The van der Waals surface area contributed by atoms with E-state index in [1.807, 2.05) is 0 Å². The van der Waals surface area contributed by atoms with Gasteiger partial charge in [-0.2, -0.15) is 0 Å². The Bertz CT molecular complexity index is 3150. The van der Waals surface area contributed by atoms with Gasteiger partial charge in [-0.3, -0.25) is 0 Å². The van der Waals surface area contributed by atoms with Crippen molar-refractivity contribution < 1.29 is 0 Å². The molecule has 0 unspecified atom stereocenters. The topological polar surface area (TPSA) is 9.86 Å². The summed E-state index contributed by atoms with van der Waals surface area (Å²) >= 11 is 0. The van der Waals surface area contributed by atoms with Crippen LogP contribution in [-0.2, 0) is 0 Å². The highest BCUT2D eigenvalue weighted by Crippen LogP contribution is 2.41. The molecule has 0 aliphatic heterocycles. The van der Waals surface area contributed by atoms with E-state index >= 15 is 0 Å². The molecular weight excluding hydrogens is 605 g/mol. The van der Waals surface area contributed by atoms with Gasteiger partial charge in [0, 0.05) is 32.3 Å². The lowest BCUT2D eigenvalue weighted by Crippen LogP contribution is -1.96. The van der Waals surface area contributed by atoms with Gasteiger partial charge in [0.1, 0.15) is 0 Å². The number of para-hydroxylation sites is 2. The van der Waals surface area contributed by atoms with E-state index < -0.39 is 0 Å². The molecule has 11 aromatic rings. The largest absolute Gasteiger partial charge is 0.309 e. The van der Waals surface area contributed by atoms with Crippen LogP contribution in [0.3, 0.4) is 0 Å². The second kappa shape index (κ2) is 10.4. The Morgan fingerprint density at radius 3 is 1.36 bits per heavy atom. The molecule has 2 heterocycles. The van der Waals surface area contributed by atoms with E-state index in [0.717, 1.165) is 0 Å². The normalized spacial score (nSPS) is 12.0. The van der Waals surface area contributed by atoms with Gasteiger partial charge in [0.05, 0.1) is 33.4 Å². The molecule has 50 heavy (non-hydrogen) atoms. The van der Waals surface area contributed by atoms with Gasteiger partial charge in [-0.25, -0.2) is 0 Å². The van der Waals surface area contributed by atoms with Crippen LogP contribution in [0.5, 0.6) is 0 Å². The number of nitrogens with zero attached hydrogens (tertiary/aromatic N) is 2. The molecule has 0 radical (unpaired) electrons. The van der Waals surface area contributed by atoms with Crippen molar-refractivity contribution in [2.24, 2.45) is 0 Å². The van der Waals surface area contributed by atoms with Crippen molar-refractivity contribution in [2.45, 2.75) is 0 Å². The Kier molecular flexibility index (Phi) is 5.70. The number of hydrogen-bond donors (Lipinski definition) is 0. The average Bonchev–Trinajstić information content (AvgIpc) is 3.69. The molecule has 0 saturated heterocycles. The first kappa shape index (κ1) is 27.3. The zero-order valence-corrected chi connectivity index (χ0v) is 27.2. The third-order valence-corrected chi connectivity index (χ3v) is 10.7. The third kappa shape index (κ3) is 3.85. The molecule has 0 fully saturated rings. The molecule has 0 bridgehead atoms. The SMILES string of the molecule is c1ccc2c(-n3c4ccccc4c4cc(-c5ccc6c(c5)c5ccccc5n6-c5cc6ccccc6c6ccccc56)ccc43)cccc2c1. The summed E-state index contributed by atoms with van der Waals surface area (Å²) in [6, 6.07) is 66.8. The first-order chi connectivity index (χ1) is 24.8. The van der Waals surface area contributed by atoms with Crippen LogP contribution >= 0.6 is 0 Å². The zero-order chi connectivity index (χ0) is 32.8. The number of rotatable bonds is 3. The Balaban J connectivity index is 1.14. The monoisotopic (exact) mass is 634 g/mol. The molecule has 0 aliphatic rings. The number of benzene rings is 9. The Morgan fingerprint density at radius 1 is 0.240 bits per heavy atom. The maximum Gasteiger partial charge on any atom is 0.0546 e. The Hall–Kier alpha value is -6.64. The van der Waals surface area contributed by atoms with Gasteiger partial charge < -0.3 is 9.13 Å². The fraction of sp³-hybridized carbons (Fsp3) is 0. The standard InChI is InChI=1S/C48H30N2/c1-4-16-36-31(12-1)14-11-23-43(36)49-44-21-9-7-19-39(44)41-28-32(24-26-46(41)49)33-25-27-47-42(29-33)40-20-8-10-22-45(40)50(47)48-30-34-13-2-3-15-35(34)37-17-5-6-18-38(37)48/h1-30H. The predicted octanol–water partition coefficient (Wildman–Crippen LogP) is 13.0. The van der Waals surface area contributed by atoms with Gasteiger partial charge in [0.15, 0.2) is 0 Å². The van der Waals surface area contributed by atoms with Crippen molar-refractivity contribution in [3.05, 3.63) is 182 Å². The fourth-order valence-electron chi connectivity index (χ4n) is 8.45. The highest BCUT2D eigenvalue weighted by Gasteiger charge is 2.18. The maximum atomic E-state index is 2.46. The number of fused-ring (bicyclic) bond motifs is 10. The van der Waals surface area contributed by atoms with Crippen LogP contribution in [0, 0.1) is 0 Å². The second-order valence-corrected chi connectivity index (χ2v) is 13.3. The minimum absolute atomic E-state index is 1.21. The third-order valence-electron chi connectivity index (χ3n) is 10.7. The first-order valence-electron chi connectivity index (χ1n) is 17.3. The van der Waals surface area contributed by atoms with Crippen LogP contribution in [-0.4, -0.2) is 9.13 Å². The molecule has 2 heteroatoms. The lowest BCUT2D eigenvalue weighted by atomic mass is 9.99. The summed E-state index contributed by atoms with van der Waals surface area (Å²) in [5.74, 6) is 0. The second-order valence-electron chi connectivity index (χ2n) is 13.3. The van der Waals surface area contributed by atoms with Gasteiger partial charge in [-0.05, 0) is 81.2 Å². The molecular formula is C48H30N2. The van der Waals surface area contributed by atoms with Crippen LogP contribution < -0.4 is 0 Å². The number of aromatic nitrogens is 2. The molecule has 0 spiro atoms. The van der Waals surface area contributed by atoms with E-state index in [4.69, 9.17) is 0 Å². The van der Waals surface area contributed by atoms with E-state index in [2.05, 4.69) is 191 Å². The molecule has 0 saturated carbocycles. The van der Waals surface area contributed by atoms with E-state index in [1.54, 1.807) is 0 Å². The Labute approximate surface area is 288 Å². The summed E-state index contributed by atoms with van der Waals surface area (Å²) in [4.78, 5) is 0. The summed E-state index contributed by atoms with van der Waals surface area (Å²) in [5, 5.41) is 12.6. The quantitative estimate of drug-likeness (QED) is 0.171. The summed E-state index contributed by atoms with van der Waals surface area (Å²) < 4.78 is 4.89. The molecule has 11 rings (SSSR count). The summed E-state index contributed by atoms with van der Waals surface area (Å²) in [6.45, 7) is 0. The van der Waals surface area contributed by atoms with E-state index in [0.29, 0.717) is 0 Å². The van der Waals surface area contributed by atoms with Crippen LogP contribution in [0.2, 0.25) is 0 Å². The minimum atomic E-state index is 1.21. The van der Waals surface area contributed by atoms with Gasteiger partial charge in [0.2, 0.25) is 0 Å². The highest BCUT2D eigenvalue weighted by atomic mass is 15.0. The van der Waals surface area contributed by atoms with Crippen molar-refractivity contribution in [1.29, 1.82) is 0 Å². The Morgan fingerprint density at radius 2 is 0.700 bits per heavy atom. The lowest BCUT2D eigenvalue weighted by Gasteiger charge is -2.14. The van der Waals surface area contributed by atoms with E-state index in [1.165, 1.54) is 98.4 Å². The summed E-state index contributed by atoms with van der Waals surface area (Å²) in [6.07, 6.45) is 0. The molecule has 232 valence electrons. The van der Waals surface area contributed by atoms with Gasteiger partial charge >= 0.3 is 0 Å². The van der Waals surface area contributed by atoms with Crippen molar-refractivity contribution in [3.8, 4) is 22.5 Å².